The number of aliphatic hydroxyl groups excluding tert-OH is 1. The minimum atomic E-state index is -0.527. The number of amides is 1. The Bertz CT molecular complexity index is 593. The second-order valence-electron chi connectivity index (χ2n) is 6.03. The van der Waals surface area contributed by atoms with E-state index in [0.29, 0.717) is 5.56 Å². The third-order valence-electron chi connectivity index (χ3n) is 4.38. The molecule has 1 aliphatic rings. The average molecular weight is 327 g/mol. The van der Waals surface area contributed by atoms with E-state index in [1.54, 1.807) is 0 Å². The Morgan fingerprint density at radius 3 is 2.91 bits per heavy atom. The standard InChI is InChI=1S/C15H19ClN2O4/c1-15(9-19)6-2-3-13(15)17-14(20)7-10-4-5-11(18(21)22)8-12(10)16/h4-5,8,13,19H,2-3,6-7,9H2,1H3,(H,17,20). The van der Waals surface area contributed by atoms with Crippen LogP contribution in [0.15, 0.2) is 18.2 Å². The Hall–Kier alpha value is -1.66. The average Bonchev–Trinajstić information content (AvgIpc) is 2.82. The molecular weight excluding hydrogens is 308 g/mol. The predicted molar refractivity (Wildman–Crippen MR) is 82.8 cm³/mol. The number of nitro benzene ring substituents is 1. The van der Waals surface area contributed by atoms with E-state index in [-0.39, 0.29) is 41.1 Å². The van der Waals surface area contributed by atoms with Gasteiger partial charge in [0, 0.05) is 23.6 Å². The largest absolute Gasteiger partial charge is 0.396 e. The van der Waals surface area contributed by atoms with Gasteiger partial charge in [0.15, 0.2) is 0 Å². The van der Waals surface area contributed by atoms with Crippen LogP contribution in [0.2, 0.25) is 5.02 Å². The Balaban J connectivity index is 2.02. The highest BCUT2D eigenvalue weighted by atomic mass is 35.5. The van der Waals surface area contributed by atoms with Gasteiger partial charge in [-0.3, -0.25) is 14.9 Å². The second-order valence-corrected chi connectivity index (χ2v) is 6.44. The fourth-order valence-electron chi connectivity index (χ4n) is 2.88. The molecule has 1 fully saturated rings. The number of hydrogen-bond acceptors (Lipinski definition) is 4. The van der Waals surface area contributed by atoms with Crippen molar-refractivity contribution in [2.75, 3.05) is 6.61 Å². The fourth-order valence-corrected chi connectivity index (χ4v) is 3.12. The van der Waals surface area contributed by atoms with Crippen molar-refractivity contribution in [2.24, 2.45) is 5.41 Å². The molecule has 22 heavy (non-hydrogen) atoms. The molecule has 1 saturated carbocycles. The number of benzene rings is 1. The molecule has 2 atom stereocenters. The van der Waals surface area contributed by atoms with Crippen molar-refractivity contribution in [3.05, 3.63) is 38.9 Å². The number of aliphatic hydroxyl groups is 1. The van der Waals surface area contributed by atoms with E-state index in [2.05, 4.69) is 5.32 Å². The van der Waals surface area contributed by atoms with Crippen LogP contribution in [0.25, 0.3) is 0 Å². The van der Waals surface area contributed by atoms with Crippen molar-refractivity contribution in [1.29, 1.82) is 0 Å². The van der Waals surface area contributed by atoms with Crippen molar-refractivity contribution >= 4 is 23.2 Å². The minimum absolute atomic E-state index is 0.0379. The van der Waals surface area contributed by atoms with Crippen molar-refractivity contribution in [3.63, 3.8) is 0 Å². The van der Waals surface area contributed by atoms with Gasteiger partial charge in [0.1, 0.15) is 0 Å². The number of nitro groups is 1. The summed E-state index contributed by atoms with van der Waals surface area (Å²) in [5, 5.41) is 23.3. The van der Waals surface area contributed by atoms with Crippen LogP contribution in [0, 0.1) is 15.5 Å². The molecule has 1 aliphatic carbocycles. The number of halogens is 1. The Morgan fingerprint density at radius 1 is 1.59 bits per heavy atom. The van der Waals surface area contributed by atoms with E-state index in [0.717, 1.165) is 19.3 Å². The van der Waals surface area contributed by atoms with E-state index in [9.17, 15) is 20.0 Å². The SMILES string of the molecule is CC1(CO)CCCC1NC(=O)Cc1ccc([N+](=O)[O-])cc1Cl. The fraction of sp³-hybridized carbons (Fsp3) is 0.533. The lowest BCUT2D eigenvalue weighted by Gasteiger charge is -2.30. The van der Waals surface area contributed by atoms with E-state index < -0.39 is 4.92 Å². The lowest BCUT2D eigenvalue weighted by Crippen LogP contribution is -2.45. The first-order chi connectivity index (χ1) is 10.4. The molecule has 0 heterocycles. The van der Waals surface area contributed by atoms with Crippen molar-refractivity contribution < 1.29 is 14.8 Å². The molecule has 1 aromatic rings. The maximum atomic E-state index is 12.2. The van der Waals surface area contributed by atoms with Crippen LogP contribution in [0.3, 0.4) is 0 Å². The molecule has 0 aromatic heterocycles. The van der Waals surface area contributed by atoms with Crippen LogP contribution in [0.1, 0.15) is 31.7 Å². The number of carbonyl (C=O) groups excluding carboxylic acids is 1. The summed E-state index contributed by atoms with van der Waals surface area (Å²) in [5.41, 5.74) is 0.167. The molecule has 1 aromatic carbocycles. The van der Waals surface area contributed by atoms with Crippen LogP contribution in [0.4, 0.5) is 5.69 Å². The highest BCUT2D eigenvalue weighted by Crippen LogP contribution is 2.37. The van der Waals surface area contributed by atoms with Gasteiger partial charge < -0.3 is 10.4 Å². The summed E-state index contributed by atoms with van der Waals surface area (Å²) in [6.07, 6.45) is 2.76. The molecule has 2 N–H and O–H groups in total. The van der Waals surface area contributed by atoms with Gasteiger partial charge in [-0.15, -0.1) is 0 Å². The summed E-state index contributed by atoms with van der Waals surface area (Å²) in [4.78, 5) is 22.3. The number of hydrogen-bond donors (Lipinski definition) is 2. The second kappa shape index (κ2) is 6.62. The summed E-state index contributed by atoms with van der Waals surface area (Å²) in [6, 6.07) is 4.03. The van der Waals surface area contributed by atoms with Crippen LogP contribution < -0.4 is 5.32 Å². The molecule has 1 amide bonds. The van der Waals surface area contributed by atoms with Crippen LogP contribution in [0.5, 0.6) is 0 Å². The molecule has 2 rings (SSSR count). The maximum absolute atomic E-state index is 12.2. The molecule has 2 unspecified atom stereocenters. The number of nitrogens with zero attached hydrogens (tertiary/aromatic N) is 1. The summed E-state index contributed by atoms with van der Waals surface area (Å²) in [7, 11) is 0. The lowest BCUT2D eigenvalue weighted by atomic mass is 9.85. The molecule has 0 bridgehead atoms. The smallest absolute Gasteiger partial charge is 0.270 e. The maximum Gasteiger partial charge on any atom is 0.270 e. The minimum Gasteiger partial charge on any atom is -0.396 e. The van der Waals surface area contributed by atoms with Crippen molar-refractivity contribution in [3.8, 4) is 0 Å². The van der Waals surface area contributed by atoms with Crippen molar-refractivity contribution in [2.45, 2.75) is 38.6 Å². The third-order valence-corrected chi connectivity index (χ3v) is 4.73. The number of carbonyl (C=O) groups is 1. The number of nitrogens with one attached hydrogen (secondary N) is 1. The van der Waals surface area contributed by atoms with E-state index >= 15 is 0 Å². The van der Waals surface area contributed by atoms with E-state index in [4.69, 9.17) is 11.6 Å². The van der Waals surface area contributed by atoms with Crippen LogP contribution in [-0.2, 0) is 11.2 Å². The first kappa shape index (κ1) is 16.7. The zero-order chi connectivity index (χ0) is 16.3. The van der Waals surface area contributed by atoms with Crippen LogP contribution >= 0.6 is 11.6 Å². The highest BCUT2D eigenvalue weighted by Gasteiger charge is 2.39. The predicted octanol–water partition coefficient (Wildman–Crippen LogP) is 2.46. The number of non-ortho nitro benzene ring substituents is 1. The van der Waals surface area contributed by atoms with Gasteiger partial charge in [-0.1, -0.05) is 31.0 Å². The summed E-state index contributed by atoms with van der Waals surface area (Å²) >= 11 is 5.99. The normalized spacial score (nSPS) is 24.2. The highest BCUT2D eigenvalue weighted by molar-refractivity contribution is 6.31. The van der Waals surface area contributed by atoms with Gasteiger partial charge in [0.25, 0.3) is 5.69 Å². The lowest BCUT2D eigenvalue weighted by molar-refractivity contribution is -0.384. The Morgan fingerprint density at radius 2 is 2.32 bits per heavy atom. The van der Waals surface area contributed by atoms with Gasteiger partial charge in [0.2, 0.25) is 5.91 Å². The summed E-state index contributed by atoms with van der Waals surface area (Å²) in [5.74, 6) is -0.192. The van der Waals surface area contributed by atoms with Gasteiger partial charge >= 0.3 is 0 Å². The summed E-state index contributed by atoms with van der Waals surface area (Å²) in [6.45, 7) is 2.00. The number of rotatable bonds is 5. The topological polar surface area (TPSA) is 92.5 Å². The zero-order valence-electron chi connectivity index (χ0n) is 12.3. The molecule has 0 spiro atoms. The van der Waals surface area contributed by atoms with Crippen LogP contribution in [-0.4, -0.2) is 28.6 Å². The molecule has 6 nitrogen and oxygen atoms in total. The molecule has 0 aliphatic heterocycles. The van der Waals surface area contributed by atoms with Crippen molar-refractivity contribution in [1.82, 2.24) is 5.32 Å². The van der Waals surface area contributed by atoms with E-state index in [1.807, 2.05) is 6.92 Å². The first-order valence-corrected chi connectivity index (χ1v) is 7.56. The van der Waals surface area contributed by atoms with Gasteiger partial charge in [-0.2, -0.15) is 0 Å². The molecule has 7 heteroatoms. The Kier molecular flexibility index (Phi) is 5.03. The summed E-state index contributed by atoms with van der Waals surface area (Å²) < 4.78 is 0. The zero-order valence-corrected chi connectivity index (χ0v) is 13.1. The quantitative estimate of drug-likeness (QED) is 0.642. The molecule has 0 radical (unpaired) electrons. The van der Waals surface area contributed by atoms with Gasteiger partial charge in [-0.25, -0.2) is 0 Å². The Labute approximate surface area is 133 Å². The monoisotopic (exact) mass is 326 g/mol. The van der Waals surface area contributed by atoms with Gasteiger partial charge in [0.05, 0.1) is 23.0 Å². The first-order valence-electron chi connectivity index (χ1n) is 7.19. The third kappa shape index (κ3) is 3.56. The molecular formula is C15H19ClN2O4. The van der Waals surface area contributed by atoms with E-state index in [1.165, 1.54) is 18.2 Å². The molecule has 0 saturated heterocycles. The van der Waals surface area contributed by atoms with Gasteiger partial charge in [-0.05, 0) is 18.4 Å². The molecule has 120 valence electrons.